The molecule has 0 bridgehead atoms. The highest BCUT2D eigenvalue weighted by Crippen LogP contribution is 2.61. The summed E-state index contributed by atoms with van der Waals surface area (Å²) in [6.07, 6.45) is 6.34. The van der Waals surface area contributed by atoms with Gasteiger partial charge in [0.2, 0.25) is 0 Å². The maximum Gasteiger partial charge on any atom is 0.309 e. The van der Waals surface area contributed by atoms with E-state index in [4.69, 9.17) is 0 Å². The normalized spacial score (nSPS) is 34.4. The zero-order valence-electron chi connectivity index (χ0n) is 9.80. The van der Waals surface area contributed by atoms with Crippen molar-refractivity contribution in [3.63, 3.8) is 0 Å². The standard InChI is InChI=1S/C14H17NO2/c16-13(17)14(8-10-7-11(10)9-14)5-4-12-3-1-2-6-15-12/h1-3,6,10-11H,4-5,7-9H2,(H,16,17). The third-order valence-electron chi connectivity index (χ3n) is 4.41. The molecule has 3 nitrogen and oxygen atoms in total. The van der Waals surface area contributed by atoms with Crippen LogP contribution in [-0.4, -0.2) is 16.1 Å². The van der Waals surface area contributed by atoms with Crippen molar-refractivity contribution >= 4 is 5.97 Å². The van der Waals surface area contributed by atoms with Crippen molar-refractivity contribution in [3.05, 3.63) is 30.1 Å². The smallest absolute Gasteiger partial charge is 0.309 e. The Balaban J connectivity index is 1.68. The molecule has 0 spiro atoms. The molecule has 0 saturated heterocycles. The largest absolute Gasteiger partial charge is 0.481 e. The van der Waals surface area contributed by atoms with Crippen LogP contribution in [0.4, 0.5) is 0 Å². The SMILES string of the molecule is O=C(O)C1(CCc2ccccn2)CC2CC2C1. The number of carbonyl (C=O) groups is 1. The summed E-state index contributed by atoms with van der Waals surface area (Å²) in [5, 5.41) is 9.46. The third kappa shape index (κ3) is 1.94. The van der Waals surface area contributed by atoms with Crippen LogP contribution in [0.15, 0.2) is 24.4 Å². The quantitative estimate of drug-likeness (QED) is 0.866. The molecule has 2 fully saturated rings. The van der Waals surface area contributed by atoms with Gasteiger partial charge in [-0.2, -0.15) is 0 Å². The summed E-state index contributed by atoms with van der Waals surface area (Å²) in [5.74, 6) is 0.810. The summed E-state index contributed by atoms with van der Waals surface area (Å²) in [7, 11) is 0. The molecule has 3 rings (SSSR count). The van der Waals surface area contributed by atoms with Crippen molar-refractivity contribution in [2.24, 2.45) is 17.3 Å². The van der Waals surface area contributed by atoms with Crippen LogP contribution >= 0.6 is 0 Å². The molecule has 1 aromatic rings. The second kappa shape index (κ2) is 3.83. The van der Waals surface area contributed by atoms with Gasteiger partial charge in [-0.1, -0.05) is 6.07 Å². The van der Waals surface area contributed by atoms with E-state index < -0.39 is 11.4 Å². The zero-order chi connectivity index (χ0) is 11.9. The zero-order valence-corrected chi connectivity index (χ0v) is 9.80. The number of aromatic nitrogens is 1. The molecule has 2 aliphatic carbocycles. The first-order chi connectivity index (χ1) is 8.20. The monoisotopic (exact) mass is 231 g/mol. The lowest BCUT2D eigenvalue weighted by atomic mass is 9.78. The Labute approximate surface area is 101 Å². The fourth-order valence-corrected chi connectivity index (χ4v) is 3.30. The minimum absolute atomic E-state index is 0.453. The molecule has 2 saturated carbocycles. The van der Waals surface area contributed by atoms with Crippen LogP contribution in [0.1, 0.15) is 31.4 Å². The second-order valence-electron chi connectivity index (χ2n) is 5.57. The number of aliphatic carboxylic acids is 1. The van der Waals surface area contributed by atoms with Gasteiger partial charge in [0, 0.05) is 11.9 Å². The Morgan fingerprint density at radius 1 is 1.41 bits per heavy atom. The molecule has 90 valence electrons. The van der Waals surface area contributed by atoms with Crippen molar-refractivity contribution in [2.75, 3.05) is 0 Å². The number of aryl methyl sites for hydroxylation is 1. The van der Waals surface area contributed by atoms with Crippen LogP contribution in [0.3, 0.4) is 0 Å². The first kappa shape index (κ1) is 10.8. The van der Waals surface area contributed by atoms with Crippen molar-refractivity contribution in [3.8, 4) is 0 Å². The molecule has 2 atom stereocenters. The first-order valence-corrected chi connectivity index (χ1v) is 6.33. The van der Waals surface area contributed by atoms with Crippen LogP contribution in [0.25, 0.3) is 0 Å². The van der Waals surface area contributed by atoms with Gasteiger partial charge >= 0.3 is 5.97 Å². The topological polar surface area (TPSA) is 50.2 Å². The Hall–Kier alpha value is -1.38. The fraction of sp³-hybridized carbons (Fsp3) is 0.571. The number of carboxylic acid groups (broad SMARTS) is 1. The van der Waals surface area contributed by atoms with E-state index in [1.165, 1.54) is 6.42 Å². The van der Waals surface area contributed by atoms with Crippen molar-refractivity contribution in [2.45, 2.75) is 32.1 Å². The molecular weight excluding hydrogens is 214 g/mol. The van der Waals surface area contributed by atoms with E-state index in [2.05, 4.69) is 4.98 Å². The van der Waals surface area contributed by atoms with E-state index in [0.717, 1.165) is 31.4 Å². The summed E-state index contributed by atoms with van der Waals surface area (Å²) in [4.78, 5) is 15.8. The van der Waals surface area contributed by atoms with Gasteiger partial charge in [-0.05, 0) is 56.1 Å². The van der Waals surface area contributed by atoms with Gasteiger partial charge in [0.05, 0.1) is 5.41 Å². The number of pyridine rings is 1. The van der Waals surface area contributed by atoms with E-state index in [9.17, 15) is 9.90 Å². The summed E-state index contributed by atoms with van der Waals surface area (Å²) in [6, 6.07) is 5.83. The Morgan fingerprint density at radius 2 is 2.18 bits per heavy atom. The number of nitrogens with zero attached hydrogens (tertiary/aromatic N) is 1. The predicted octanol–water partition coefficient (Wildman–Crippen LogP) is 2.52. The molecule has 2 unspecified atom stereocenters. The summed E-state index contributed by atoms with van der Waals surface area (Å²) < 4.78 is 0. The van der Waals surface area contributed by atoms with Gasteiger partial charge in [-0.15, -0.1) is 0 Å². The second-order valence-corrected chi connectivity index (χ2v) is 5.57. The highest BCUT2D eigenvalue weighted by Gasteiger charge is 2.57. The lowest BCUT2D eigenvalue weighted by molar-refractivity contribution is -0.149. The number of carboxylic acids is 1. The first-order valence-electron chi connectivity index (χ1n) is 6.33. The van der Waals surface area contributed by atoms with Gasteiger partial charge in [-0.3, -0.25) is 9.78 Å². The Bertz CT molecular complexity index is 419. The van der Waals surface area contributed by atoms with Gasteiger partial charge in [-0.25, -0.2) is 0 Å². The minimum Gasteiger partial charge on any atom is -0.481 e. The maximum absolute atomic E-state index is 11.5. The highest BCUT2D eigenvalue weighted by atomic mass is 16.4. The average Bonchev–Trinajstić information content (AvgIpc) is 2.96. The summed E-state index contributed by atoms with van der Waals surface area (Å²) in [6.45, 7) is 0. The van der Waals surface area contributed by atoms with E-state index >= 15 is 0 Å². The molecule has 2 aliphatic rings. The highest BCUT2D eigenvalue weighted by molar-refractivity contribution is 5.75. The fourth-order valence-electron chi connectivity index (χ4n) is 3.30. The Kier molecular flexibility index (Phi) is 2.42. The minimum atomic E-state index is -0.597. The van der Waals surface area contributed by atoms with Crippen LogP contribution in [0.5, 0.6) is 0 Å². The average molecular weight is 231 g/mol. The number of rotatable bonds is 4. The van der Waals surface area contributed by atoms with E-state index in [1.807, 2.05) is 18.2 Å². The predicted molar refractivity (Wildman–Crippen MR) is 63.5 cm³/mol. The van der Waals surface area contributed by atoms with Gasteiger partial charge in [0.1, 0.15) is 0 Å². The van der Waals surface area contributed by atoms with Crippen LogP contribution in [0, 0.1) is 17.3 Å². The van der Waals surface area contributed by atoms with Crippen LogP contribution < -0.4 is 0 Å². The number of hydrogen-bond donors (Lipinski definition) is 1. The van der Waals surface area contributed by atoms with E-state index in [0.29, 0.717) is 11.8 Å². The van der Waals surface area contributed by atoms with Crippen molar-refractivity contribution in [1.29, 1.82) is 0 Å². The molecule has 17 heavy (non-hydrogen) atoms. The summed E-state index contributed by atoms with van der Waals surface area (Å²) >= 11 is 0. The van der Waals surface area contributed by atoms with Crippen molar-refractivity contribution < 1.29 is 9.90 Å². The number of hydrogen-bond acceptors (Lipinski definition) is 2. The molecule has 0 amide bonds. The van der Waals surface area contributed by atoms with Gasteiger partial charge in [0.15, 0.2) is 0 Å². The van der Waals surface area contributed by atoms with Crippen LogP contribution in [-0.2, 0) is 11.2 Å². The lowest BCUT2D eigenvalue weighted by Crippen LogP contribution is -2.30. The molecule has 1 N–H and O–H groups in total. The lowest BCUT2D eigenvalue weighted by Gasteiger charge is -2.25. The van der Waals surface area contributed by atoms with Crippen molar-refractivity contribution in [1.82, 2.24) is 4.98 Å². The Morgan fingerprint density at radius 3 is 2.76 bits per heavy atom. The molecule has 0 radical (unpaired) electrons. The van der Waals surface area contributed by atoms with Gasteiger partial charge in [0.25, 0.3) is 0 Å². The molecular formula is C14H17NO2. The van der Waals surface area contributed by atoms with E-state index in [1.54, 1.807) is 6.20 Å². The molecule has 1 heterocycles. The molecule has 3 heteroatoms. The molecule has 0 aromatic carbocycles. The van der Waals surface area contributed by atoms with E-state index in [-0.39, 0.29) is 0 Å². The molecule has 0 aliphatic heterocycles. The maximum atomic E-state index is 11.5. The van der Waals surface area contributed by atoms with Crippen LogP contribution in [0.2, 0.25) is 0 Å². The third-order valence-corrected chi connectivity index (χ3v) is 4.41. The molecule has 1 aromatic heterocycles. The van der Waals surface area contributed by atoms with Gasteiger partial charge < -0.3 is 5.11 Å². The summed E-state index contributed by atoms with van der Waals surface area (Å²) in [5.41, 5.74) is 0.555. The number of fused-ring (bicyclic) bond motifs is 1.